The Morgan fingerprint density at radius 2 is 1.45 bits per heavy atom. The van der Waals surface area contributed by atoms with E-state index in [0.29, 0.717) is 16.9 Å². The van der Waals surface area contributed by atoms with Crippen molar-refractivity contribution in [1.82, 2.24) is 0 Å². The summed E-state index contributed by atoms with van der Waals surface area (Å²) in [6.45, 7) is 16.1. The van der Waals surface area contributed by atoms with Gasteiger partial charge in [-0.3, -0.25) is 0 Å². The first-order valence-corrected chi connectivity index (χ1v) is 18.8. The van der Waals surface area contributed by atoms with Gasteiger partial charge in [0.1, 0.15) is 0 Å². The predicted molar refractivity (Wildman–Crippen MR) is 173 cm³/mol. The lowest BCUT2D eigenvalue weighted by Gasteiger charge is -2.46. The third-order valence-electron chi connectivity index (χ3n) is 12.2. The summed E-state index contributed by atoms with van der Waals surface area (Å²) in [6.07, 6.45) is 19.8. The second-order valence-corrected chi connectivity index (χ2v) is 16.2. The number of ether oxygens (including phenoxy) is 4. The molecule has 2 saturated heterocycles. The monoisotopic (exact) mass is 617 g/mol. The number of hydrogen-bond acceptors (Lipinski definition) is 6. The molecule has 9 atom stereocenters. The highest BCUT2D eigenvalue weighted by Gasteiger charge is 2.67. The second kappa shape index (κ2) is 13.9. The predicted octanol–water partition coefficient (Wildman–Crippen LogP) is 8.10. The van der Waals surface area contributed by atoms with Crippen LogP contribution in [0.5, 0.6) is 0 Å². The molecule has 6 rings (SSSR count). The number of hydrogen-bond donors (Lipinski definition) is 1. The zero-order valence-corrected chi connectivity index (χ0v) is 28.7. The van der Waals surface area contributed by atoms with E-state index in [2.05, 4.69) is 60.7 Å². The fraction of sp³-hybridized carbons (Fsp3) is 0.875. The summed E-state index contributed by atoms with van der Waals surface area (Å²) in [5.74, 6) is 0.242. The molecule has 6 aliphatic rings. The van der Waals surface area contributed by atoms with Crippen molar-refractivity contribution in [2.24, 2.45) is 27.6 Å². The van der Waals surface area contributed by atoms with Gasteiger partial charge in [0.15, 0.2) is 30.4 Å². The van der Waals surface area contributed by atoms with Crippen LogP contribution < -0.4 is 0 Å². The average molecular weight is 618 g/mol. The molecule has 2 aliphatic heterocycles. The molecule has 4 aliphatic carbocycles. The minimum Gasteiger partial charge on any atom is -0.400 e. The molecule has 0 aromatic heterocycles. The van der Waals surface area contributed by atoms with Gasteiger partial charge in [-0.1, -0.05) is 32.9 Å². The van der Waals surface area contributed by atoms with Gasteiger partial charge in [0.05, 0.1) is 28.2 Å². The number of allylic oxidation sites excluding steroid dienone is 2. The van der Waals surface area contributed by atoms with Crippen LogP contribution in [-0.4, -0.2) is 51.5 Å². The summed E-state index contributed by atoms with van der Waals surface area (Å²) in [5.41, 5.74) is 1.17. The summed E-state index contributed by atoms with van der Waals surface area (Å²) in [7, 11) is 4.98. The first-order valence-electron chi connectivity index (χ1n) is 15.7. The Balaban J connectivity index is 0.000000207. The number of aliphatic hydroxyl groups excluding tert-OH is 1. The molecule has 0 amide bonds. The van der Waals surface area contributed by atoms with Crippen molar-refractivity contribution in [2.75, 3.05) is 27.4 Å². The van der Waals surface area contributed by atoms with Crippen molar-refractivity contribution in [3.05, 3.63) is 25.3 Å². The molecule has 6 fully saturated rings. The van der Waals surface area contributed by atoms with Crippen LogP contribution in [0.1, 0.15) is 104 Å². The van der Waals surface area contributed by atoms with Crippen molar-refractivity contribution < 1.29 is 24.1 Å². The number of aliphatic hydroxyl groups is 1. The molecule has 4 saturated carbocycles. The summed E-state index contributed by atoms with van der Waals surface area (Å²) >= 11 is 4.31. The topological polar surface area (TPSA) is 57.2 Å². The maximum atomic E-state index is 7.00. The molecule has 2 bridgehead atoms. The summed E-state index contributed by atoms with van der Waals surface area (Å²) < 4.78 is 31.1. The van der Waals surface area contributed by atoms with Gasteiger partial charge in [-0.25, -0.2) is 0 Å². The van der Waals surface area contributed by atoms with Crippen LogP contribution in [0.2, 0.25) is 0 Å². The summed E-state index contributed by atoms with van der Waals surface area (Å²) in [5, 5.41) is 7.00. The highest BCUT2D eigenvalue weighted by molar-refractivity contribution is 8.24. The smallest absolute Gasteiger partial charge is 0.355 e. The Hall–Kier alpha value is 0.230. The third-order valence-corrected chi connectivity index (χ3v) is 12.2. The lowest BCUT2D eigenvalue weighted by Crippen LogP contribution is -2.49. The van der Waals surface area contributed by atoms with Crippen LogP contribution in [0.25, 0.3) is 0 Å². The van der Waals surface area contributed by atoms with Gasteiger partial charge < -0.3 is 24.1 Å². The van der Waals surface area contributed by atoms with Crippen molar-refractivity contribution in [2.45, 2.75) is 122 Å². The molecule has 0 aromatic carbocycles. The second-order valence-electron chi connectivity index (χ2n) is 13.5. The highest BCUT2D eigenvalue weighted by Crippen LogP contribution is 2.68. The van der Waals surface area contributed by atoms with E-state index in [-0.39, 0.29) is 22.4 Å². The average Bonchev–Trinajstić information content (AvgIpc) is 3.69. The van der Waals surface area contributed by atoms with E-state index < -0.39 is 6.99 Å². The van der Waals surface area contributed by atoms with Gasteiger partial charge >= 0.3 is 1.28 Å². The minimum atomic E-state index is -0.870. The lowest BCUT2D eigenvalue weighted by molar-refractivity contribution is -0.286. The Morgan fingerprint density at radius 3 is 1.90 bits per heavy atom. The van der Waals surface area contributed by atoms with Crippen molar-refractivity contribution in [3.63, 3.8) is 0 Å². The van der Waals surface area contributed by atoms with Gasteiger partial charge in [-0.05, 0) is 87.4 Å². The first kappa shape index (κ1) is 33.1. The first-order chi connectivity index (χ1) is 19.4. The van der Waals surface area contributed by atoms with Crippen LogP contribution in [0, 0.1) is 27.6 Å². The molecular weight excluding hydrogens is 558 g/mol. The van der Waals surface area contributed by atoms with E-state index in [1.807, 2.05) is 6.08 Å². The summed E-state index contributed by atoms with van der Waals surface area (Å²) in [6, 6.07) is 0. The molecule has 40 heavy (non-hydrogen) atoms. The molecule has 0 aromatic rings. The van der Waals surface area contributed by atoms with Gasteiger partial charge in [0.25, 0.3) is 0 Å². The highest BCUT2D eigenvalue weighted by atomic mass is 32.6. The van der Waals surface area contributed by atoms with Crippen molar-refractivity contribution in [3.8, 4) is 0 Å². The maximum absolute atomic E-state index is 7.00. The molecule has 0 radical (unpaired) electrons. The largest absolute Gasteiger partial charge is 0.400 e. The Kier molecular flexibility index (Phi) is 11.5. The fourth-order valence-electron chi connectivity index (χ4n) is 9.54. The third kappa shape index (κ3) is 5.61. The zero-order chi connectivity index (χ0) is 30.6. The standard InChI is InChI=1S/C20H32O2.C11H18O2.CH4O.H2P2S/c1-5-8-19-9-6-10-20(19,21-13-12-19)22-16-14-15-7-11-18(16,4)17(15,2)3;1-3-5-10-6-4-7-11(10,12-2)13-9-8-10;1-2;1-2-3/h5,15-16H,1,6-14H2,2-4H3;3H,1,4-9H2,2H3;2H,1H3;1H2/p+1/t15?,16-,18+,19?,20?;;;/m1.../s1/i/hT. The molecular formula is C32H57O5P2S+. The van der Waals surface area contributed by atoms with Gasteiger partial charge in [0, 0.05) is 37.9 Å². The Bertz CT molecular complexity index is 906. The SMILES string of the molecule is C=CCC12CCCC1(OC)OCC2.C=CCC12CCCC1(O[C@@H]1CC3CC[C@]1(C)C3(C)C)OCC2.CO.[3H][P+](P)=S. The van der Waals surface area contributed by atoms with E-state index in [0.717, 1.165) is 64.8 Å². The number of fused-ring (bicyclic) bond motifs is 4. The van der Waals surface area contributed by atoms with Gasteiger partial charge in [0.2, 0.25) is 0 Å². The van der Waals surface area contributed by atoms with Crippen LogP contribution in [0.3, 0.4) is 0 Å². The molecule has 1 N–H and O–H groups in total. The van der Waals surface area contributed by atoms with Crippen LogP contribution in [0.4, 0.5) is 0 Å². The Labute approximate surface area is 254 Å². The van der Waals surface area contributed by atoms with Gasteiger partial charge in [-0.2, -0.15) is 0 Å². The zero-order valence-electron chi connectivity index (χ0n) is 26.8. The molecule has 7 unspecified atom stereocenters. The number of methoxy groups -OCH3 is 1. The fourth-order valence-corrected chi connectivity index (χ4v) is 9.54. The molecule has 230 valence electrons. The van der Waals surface area contributed by atoms with Gasteiger partial charge in [-0.15, -0.1) is 13.2 Å². The summed E-state index contributed by atoms with van der Waals surface area (Å²) in [4.78, 5) is 0. The number of rotatable bonds is 7. The normalized spacial score (nSPS) is 44.1. The quantitative estimate of drug-likeness (QED) is 0.230. The molecule has 8 heteroatoms. The van der Waals surface area contributed by atoms with E-state index >= 15 is 0 Å². The lowest BCUT2D eigenvalue weighted by atomic mass is 9.69. The molecule has 5 nitrogen and oxygen atoms in total. The van der Waals surface area contributed by atoms with Crippen molar-refractivity contribution in [1.29, 1.82) is 1.28 Å². The minimum absolute atomic E-state index is 0.205. The van der Waals surface area contributed by atoms with Crippen LogP contribution in [0.15, 0.2) is 25.3 Å². The van der Waals surface area contributed by atoms with Crippen molar-refractivity contribution >= 4 is 27.7 Å². The van der Waals surface area contributed by atoms with Crippen LogP contribution >= 0.6 is 15.9 Å². The Morgan fingerprint density at radius 1 is 0.950 bits per heavy atom. The molecule has 2 heterocycles. The van der Waals surface area contributed by atoms with E-state index in [9.17, 15) is 0 Å². The van der Waals surface area contributed by atoms with E-state index in [1.165, 1.54) is 44.9 Å². The van der Waals surface area contributed by atoms with Crippen LogP contribution in [-0.2, 0) is 30.8 Å². The van der Waals surface area contributed by atoms with E-state index in [4.69, 9.17) is 25.3 Å². The van der Waals surface area contributed by atoms with E-state index in [1.54, 1.807) is 7.11 Å². The molecule has 0 spiro atoms. The maximum Gasteiger partial charge on any atom is 0.355 e.